The monoisotopic (exact) mass is 405 g/mol. The van der Waals surface area contributed by atoms with Crippen LogP contribution in [0.15, 0.2) is 29.5 Å². The first kappa shape index (κ1) is 20.7. The largest absolute Gasteiger partial charge is 0.486 e. The lowest BCUT2D eigenvalue weighted by atomic mass is 9.82. The van der Waals surface area contributed by atoms with Crippen LogP contribution in [-0.4, -0.2) is 42.1 Å². The Morgan fingerprint density at radius 1 is 1.23 bits per heavy atom. The van der Waals surface area contributed by atoms with Crippen LogP contribution >= 0.6 is 0 Å². The van der Waals surface area contributed by atoms with Crippen LogP contribution in [0.4, 0.5) is 10.5 Å². The Hall–Kier alpha value is -4.03. The predicted molar refractivity (Wildman–Crippen MR) is 104 cm³/mol. The highest BCUT2D eigenvalue weighted by atomic mass is 16.6. The predicted octanol–water partition coefficient (Wildman–Crippen LogP) is 2.88. The molecule has 9 nitrogen and oxygen atoms in total. The van der Waals surface area contributed by atoms with E-state index in [2.05, 4.69) is 5.32 Å². The molecule has 9 heteroatoms. The summed E-state index contributed by atoms with van der Waals surface area (Å²) in [5.74, 6) is 0.331. The first-order valence-corrected chi connectivity index (χ1v) is 9.45. The third-order valence-electron chi connectivity index (χ3n) is 5.14. The van der Waals surface area contributed by atoms with Crippen LogP contribution < -0.4 is 10.1 Å². The summed E-state index contributed by atoms with van der Waals surface area (Å²) in [6.45, 7) is 2.96. The van der Waals surface area contributed by atoms with Crippen molar-refractivity contribution in [2.75, 3.05) is 25.0 Å². The quantitative estimate of drug-likeness (QED) is 0.757. The molecule has 152 valence electrons. The SMILES string of the molecule is CCOC(=O)N1CCC2(CC1)CC(=O)c1cc(NC(C#N)=C(C#N)C#N)ccc1O2. The summed E-state index contributed by atoms with van der Waals surface area (Å²) in [4.78, 5) is 26.3. The van der Waals surface area contributed by atoms with Crippen molar-refractivity contribution in [1.29, 1.82) is 15.8 Å². The molecule has 1 aromatic carbocycles. The maximum absolute atomic E-state index is 12.8. The van der Waals surface area contributed by atoms with Crippen molar-refractivity contribution < 1.29 is 19.1 Å². The molecular formula is C21H19N5O4. The number of piperidine rings is 1. The molecule has 1 spiro atoms. The molecule has 2 aliphatic heterocycles. The minimum atomic E-state index is -0.658. The summed E-state index contributed by atoms with van der Waals surface area (Å²) in [5, 5.41) is 29.8. The van der Waals surface area contributed by atoms with Crippen molar-refractivity contribution >= 4 is 17.6 Å². The Labute approximate surface area is 173 Å². The third kappa shape index (κ3) is 4.04. The molecule has 1 saturated heterocycles. The second-order valence-electron chi connectivity index (χ2n) is 6.99. The standard InChI is InChI=1S/C21H19N5O4/c1-2-29-20(28)26-7-5-21(6-8-26)10-18(27)16-9-15(3-4-19(16)30-21)25-17(13-24)14(11-22)12-23/h3-4,9,25H,2,5-8,10H2,1H3. The molecule has 1 aromatic rings. The average Bonchev–Trinajstić information content (AvgIpc) is 2.75. The van der Waals surface area contributed by atoms with Crippen molar-refractivity contribution in [3.63, 3.8) is 0 Å². The molecule has 0 aromatic heterocycles. The van der Waals surface area contributed by atoms with Crippen molar-refractivity contribution in [3.05, 3.63) is 35.0 Å². The van der Waals surface area contributed by atoms with E-state index in [1.807, 2.05) is 0 Å². The third-order valence-corrected chi connectivity index (χ3v) is 5.14. The van der Waals surface area contributed by atoms with Gasteiger partial charge in [-0.1, -0.05) is 0 Å². The minimum absolute atomic E-state index is 0.104. The van der Waals surface area contributed by atoms with Crippen molar-refractivity contribution in [2.45, 2.75) is 31.8 Å². The molecule has 1 fully saturated rings. The zero-order valence-electron chi connectivity index (χ0n) is 16.4. The van der Waals surface area contributed by atoms with Gasteiger partial charge in [0.15, 0.2) is 11.4 Å². The van der Waals surface area contributed by atoms with E-state index in [0.717, 1.165) is 0 Å². The average molecular weight is 405 g/mol. The fourth-order valence-corrected chi connectivity index (χ4v) is 3.59. The summed E-state index contributed by atoms with van der Waals surface area (Å²) in [6.07, 6.45) is 0.863. The summed E-state index contributed by atoms with van der Waals surface area (Å²) in [6, 6.07) is 9.88. The normalized spacial score (nSPS) is 16.2. The summed E-state index contributed by atoms with van der Waals surface area (Å²) < 4.78 is 11.2. The van der Waals surface area contributed by atoms with Gasteiger partial charge in [0.1, 0.15) is 35.3 Å². The van der Waals surface area contributed by atoms with Gasteiger partial charge in [0.25, 0.3) is 0 Å². The van der Waals surface area contributed by atoms with Crippen LogP contribution in [0.5, 0.6) is 5.75 Å². The molecule has 2 heterocycles. The van der Waals surface area contributed by atoms with Crippen LogP contribution in [0, 0.1) is 34.0 Å². The van der Waals surface area contributed by atoms with E-state index in [4.69, 9.17) is 25.3 Å². The van der Waals surface area contributed by atoms with Gasteiger partial charge in [-0.05, 0) is 25.1 Å². The molecule has 0 saturated carbocycles. The lowest BCUT2D eigenvalue weighted by molar-refractivity contribution is -0.00857. The number of ketones is 1. The van der Waals surface area contributed by atoms with Crippen LogP contribution in [0.25, 0.3) is 0 Å². The minimum Gasteiger partial charge on any atom is -0.486 e. The molecular weight excluding hydrogens is 386 g/mol. The number of anilines is 1. The Morgan fingerprint density at radius 3 is 2.53 bits per heavy atom. The second kappa shape index (κ2) is 8.55. The topological polar surface area (TPSA) is 139 Å². The van der Waals surface area contributed by atoms with Gasteiger partial charge < -0.3 is 19.7 Å². The highest BCUT2D eigenvalue weighted by molar-refractivity contribution is 6.01. The number of allylic oxidation sites excluding steroid dienone is 2. The second-order valence-corrected chi connectivity index (χ2v) is 6.99. The van der Waals surface area contributed by atoms with E-state index in [0.29, 0.717) is 49.5 Å². The number of carbonyl (C=O) groups is 2. The number of fused-ring (bicyclic) bond motifs is 1. The molecule has 2 aliphatic rings. The van der Waals surface area contributed by atoms with E-state index >= 15 is 0 Å². The van der Waals surface area contributed by atoms with Gasteiger partial charge in [-0.25, -0.2) is 4.79 Å². The number of amides is 1. The van der Waals surface area contributed by atoms with Crippen LogP contribution in [0.2, 0.25) is 0 Å². The van der Waals surface area contributed by atoms with Gasteiger partial charge in [-0.3, -0.25) is 4.79 Å². The van der Waals surface area contributed by atoms with E-state index in [9.17, 15) is 9.59 Å². The number of ether oxygens (including phenoxy) is 2. The van der Waals surface area contributed by atoms with Gasteiger partial charge in [-0.2, -0.15) is 15.8 Å². The number of hydrogen-bond donors (Lipinski definition) is 1. The van der Waals surface area contributed by atoms with Crippen molar-refractivity contribution in [3.8, 4) is 24.0 Å². The maximum Gasteiger partial charge on any atom is 0.409 e. The number of hydrogen-bond acceptors (Lipinski definition) is 8. The van der Waals surface area contributed by atoms with Crippen molar-refractivity contribution in [1.82, 2.24) is 4.90 Å². The lowest BCUT2D eigenvalue weighted by Gasteiger charge is -2.43. The first-order valence-electron chi connectivity index (χ1n) is 9.45. The van der Waals surface area contributed by atoms with E-state index < -0.39 is 5.60 Å². The van der Waals surface area contributed by atoms with Gasteiger partial charge in [0.05, 0.1) is 18.6 Å². The number of rotatable bonds is 3. The fraction of sp³-hybridized carbons (Fsp3) is 0.381. The number of nitrogens with zero attached hydrogens (tertiary/aromatic N) is 4. The molecule has 0 unspecified atom stereocenters. The van der Waals surface area contributed by atoms with E-state index in [1.165, 1.54) is 0 Å². The highest BCUT2D eigenvalue weighted by Gasteiger charge is 2.44. The number of nitriles is 3. The van der Waals surface area contributed by atoms with Gasteiger partial charge in [-0.15, -0.1) is 0 Å². The number of carbonyl (C=O) groups excluding carboxylic acids is 2. The van der Waals surface area contributed by atoms with E-state index in [1.54, 1.807) is 48.2 Å². The van der Waals surface area contributed by atoms with Gasteiger partial charge in [0, 0.05) is 31.6 Å². The number of likely N-dealkylation sites (tertiary alicyclic amines) is 1. The molecule has 0 aliphatic carbocycles. The Morgan fingerprint density at radius 2 is 1.93 bits per heavy atom. The zero-order chi connectivity index (χ0) is 21.7. The Bertz CT molecular complexity index is 1020. The zero-order valence-corrected chi connectivity index (χ0v) is 16.4. The molecule has 0 bridgehead atoms. The molecule has 3 rings (SSSR count). The highest BCUT2D eigenvalue weighted by Crippen LogP contribution is 2.40. The summed E-state index contributed by atoms with van der Waals surface area (Å²) >= 11 is 0. The summed E-state index contributed by atoms with van der Waals surface area (Å²) in [7, 11) is 0. The summed E-state index contributed by atoms with van der Waals surface area (Å²) in [5.41, 5.74) is -0.421. The van der Waals surface area contributed by atoms with Gasteiger partial charge >= 0.3 is 6.09 Å². The van der Waals surface area contributed by atoms with Crippen LogP contribution in [-0.2, 0) is 4.74 Å². The first-order chi connectivity index (χ1) is 14.4. The maximum atomic E-state index is 12.8. The van der Waals surface area contributed by atoms with Crippen LogP contribution in [0.1, 0.15) is 36.5 Å². The molecule has 1 N–H and O–H groups in total. The van der Waals surface area contributed by atoms with Crippen LogP contribution in [0.3, 0.4) is 0 Å². The lowest BCUT2D eigenvalue weighted by Crippen LogP contribution is -2.52. The number of benzene rings is 1. The Kier molecular flexibility index (Phi) is 5.90. The number of Topliss-reactive ketones (excluding diaryl/α,β-unsaturated/α-hetero) is 1. The molecule has 30 heavy (non-hydrogen) atoms. The van der Waals surface area contributed by atoms with Gasteiger partial charge in [0.2, 0.25) is 0 Å². The molecule has 0 radical (unpaired) electrons. The number of nitrogens with one attached hydrogen (secondary N) is 1. The smallest absolute Gasteiger partial charge is 0.409 e. The Balaban J connectivity index is 1.77. The molecule has 1 amide bonds. The van der Waals surface area contributed by atoms with Crippen molar-refractivity contribution in [2.24, 2.45) is 0 Å². The fourth-order valence-electron chi connectivity index (χ4n) is 3.59. The molecule has 0 atom stereocenters. The van der Waals surface area contributed by atoms with E-state index in [-0.39, 0.29) is 29.6 Å².